The maximum atomic E-state index is 2.56. The van der Waals surface area contributed by atoms with E-state index in [9.17, 15) is 0 Å². The van der Waals surface area contributed by atoms with E-state index in [0.29, 0.717) is 0 Å². The SMILES string of the molecule is C/C=C(/CC)N(CCCC)CCCC. The lowest BCUT2D eigenvalue weighted by atomic mass is 10.2. The van der Waals surface area contributed by atoms with Crippen LogP contribution in [-0.2, 0) is 0 Å². The molecule has 14 heavy (non-hydrogen) atoms. The van der Waals surface area contributed by atoms with Gasteiger partial charge in [-0.05, 0) is 26.2 Å². The van der Waals surface area contributed by atoms with Gasteiger partial charge in [-0.2, -0.15) is 0 Å². The molecule has 0 atom stereocenters. The smallest absolute Gasteiger partial charge is 0.0174 e. The van der Waals surface area contributed by atoms with Crippen molar-refractivity contribution in [3.05, 3.63) is 11.8 Å². The standard InChI is InChI=1S/C13H27N/c1-5-9-11-14(12-10-6-2)13(7-3)8-4/h7H,5-6,8-12H2,1-4H3/b13-7-. The molecule has 1 heteroatoms. The molecule has 0 N–H and O–H groups in total. The second-order valence-electron chi connectivity index (χ2n) is 3.83. The van der Waals surface area contributed by atoms with Crippen molar-refractivity contribution in [2.75, 3.05) is 13.1 Å². The Bertz CT molecular complexity index is 141. The normalized spacial score (nSPS) is 11.9. The Morgan fingerprint density at radius 1 is 1.00 bits per heavy atom. The summed E-state index contributed by atoms with van der Waals surface area (Å²) in [6.45, 7) is 11.4. The lowest BCUT2D eigenvalue weighted by Crippen LogP contribution is -2.25. The van der Waals surface area contributed by atoms with Crippen molar-refractivity contribution < 1.29 is 0 Å². The van der Waals surface area contributed by atoms with Crippen molar-refractivity contribution >= 4 is 0 Å². The highest BCUT2D eigenvalue weighted by molar-refractivity contribution is 4.98. The average molecular weight is 197 g/mol. The maximum absolute atomic E-state index is 2.56. The molecule has 0 rings (SSSR count). The van der Waals surface area contributed by atoms with Gasteiger partial charge in [0.2, 0.25) is 0 Å². The minimum atomic E-state index is 1.17. The molecule has 0 heterocycles. The van der Waals surface area contributed by atoms with Gasteiger partial charge in [-0.3, -0.25) is 0 Å². The number of nitrogens with zero attached hydrogens (tertiary/aromatic N) is 1. The second-order valence-corrected chi connectivity index (χ2v) is 3.83. The molecule has 0 saturated heterocycles. The van der Waals surface area contributed by atoms with Crippen molar-refractivity contribution in [1.29, 1.82) is 0 Å². The molecule has 0 unspecified atom stereocenters. The quantitative estimate of drug-likeness (QED) is 0.563. The second kappa shape index (κ2) is 9.11. The summed E-state index contributed by atoms with van der Waals surface area (Å²) >= 11 is 0. The molecule has 1 nitrogen and oxygen atoms in total. The van der Waals surface area contributed by atoms with E-state index in [2.05, 4.69) is 38.7 Å². The van der Waals surface area contributed by atoms with E-state index >= 15 is 0 Å². The summed E-state index contributed by atoms with van der Waals surface area (Å²) in [4.78, 5) is 2.56. The fraction of sp³-hybridized carbons (Fsp3) is 0.846. The van der Waals surface area contributed by atoms with Crippen LogP contribution in [0.3, 0.4) is 0 Å². The van der Waals surface area contributed by atoms with E-state index in [1.807, 2.05) is 0 Å². The highest BCUT2D eigenvalue weighted by Gasteiger charge is 2.05. The molecule has 0 aromatic rings. The zero-order valence-electron chi connectivity index (χ0n) is 10.5. The van der Waals surface area contributed by atoms with E-state index in [0.717, 1.165) is 0 Å². The molecule has 0 amide bonds. The summed E-state index contributed by atoms with van der Waals surface area (Å²) in [5, 5.41) is 0. The van der Waals surface area contributed by atoms with Crippen molar-refractivity contribution in [2.24, 2.45) is 0 Å². The molecule has 0 aromatic carbocycles. The molecule has 0 fully saturated rings. The molecule has 0 aliphatic heterocycles. The number of allylic oxidation sites excluding steroid dienone is 2. The van der Waals surface area contributed by atoms with Crippen LogP contribution in [-0.4, -0.2) is 18.0 Å². The lowest BCUT2D eigenvalue weighted by Gasteiger charge is -2.26. The Kier molecular flexibility index (Phi) is 8.81. The van der Waals surface area contributed by atoms with Gasteiger partial charge >= 0.3 is 0 Å². The van der Waals surface area contributed by atoms with Crippen LogP contribution in [0.4, 0.5) is 0 Å². The summed E-state index contributed by atoms with van der Waals surface area (Å²) in [5.41, 5.74) is 1.52. The van der Waals surface area contributed by atoms with Crippen molar-refractivity contribution in [3.63, 3.8) is 0 Å². The largest absolute Gasteiger partial charge is 0.375 e. The number of hydrogen-bond acceptors (Lipinski definition) is 1. The Labute approximate surface area is 90.2 Å². The Morgan fingerprint density at radius 3 is 1.79 bits per heavy atom. The summed E-state index contributed by atoms with van der Waals surface area (Å²) in [7, 11) is 0. The van der Waals surface area contributed by atoms with E-state index in [-0.39, 0.29) is 0 Å². The predicted molar refractivity (Wildman–Crippen MR) is 65.4 cm³/mol. The van der Waals surface area contributed by atoms with Gasteiger partial charge in [-0.1, -0.05) is 39.7 Å². The van der Waals surface area contributed by atoms with Crippen LogP contribution in [0.15, 0.2) is 11.8 Å². The van der Waals surface area contributed by atoms with Gasteiger partial charge < -0.3 is 4.90 Å². The molecule has 0 radical (unpaired) electrons. The highest BCUT2D eigenvalue weighted by atomic mass is 15.1. The van der Waals surface area contributed by atoms with Crippen LogP contribution >= 0.6 is 0 Å². The monoisotopic (exact) mass is 197 g/mol. The summed E-state index contributed by atoms with van der Waals surface area (Å²) in [5.74, 6) is 0. The highest BCUT2D eigenvalue weighted by Crippen LogP contribution is 2.11. The van der Waals surface area contributed by atoms with E-state index in [4.69, 9.17) is 0 Å². The van der Waals surface area contributed by atoms with Gasteiger partial charge in [0, 0.05) is 18.8 Å². The molecule has 0 aliphatic carbocycles. The topological polar surface area (TPSA) is 3.24 Å². The summed E-state index contributed by atoms with van der Waals surface area (Å²) in [6, 6.07) is 0. The third kappa shape index (κ3) is 5.31. The van der Waals surface area contributed by atoms with Gasteiger partial charge in [-0.25, -0.2) is 0 Å². The maximum Gasteiger partial charge on any atom is 0.0174 e. The molecule has 0 bridgehead atoms. The molecule has 0 saturated carbocycles. The van der Waals surface area contributed by atoms with Crippen molar-refractivity contribution in [3.8, 4) is 0 Å². The first-order chi connectivity index (χ1) is 6.79. The summed E-state index contributed by atoms with van der Waals surface area (Å²) < 4.78 is 0. The molecular formula is C13H27N. The Morgan fingerprint density at radius 2 is 1.50 bits per heavy atom. The fourth-order valence-corrected chi connectivity index (χ4v) is 1.71. The number of hydrogen-bond donors (Lipinski definition) is 0. The zero-order chi connectivity index (χ0) is 10.8. The lowest BCUT2D eigenvalue weighted by molar-refractivity contribution is 0.322. The minimum Gasteiger partial charge on any atom is -0.375 e. The van der Waals surface area contributed by atoms with Gasteiger partial charge in [0.15, 0.2) is 0 Å². The molecule has 0 aromatic heterocycles. The number of rotatable bonds is 8. The first-order valence-corrected chi connectivity index (χ1v) is 6.20. The van der Waals surface area contributed by atoms with Crippen LogP contribution < -0.4 is 0 Å². The third-order valence-corrected chi connectivity index (χ3v) is 2.66. The van der Waals surface area contributed by atoms with Crippen molar-refractivity contribution in [1.82, 2.24) is 4.90 Å². The first-order valence-electron chi connectivity index (χ1n) is 6.20. The van der Waals surface area contributed by atoms with E-state index in [1.54, 1.807) is 0 Å². The molecule has 0 spiro atoms. The van der Waals surface area contributed by atoms with Crippen LogP contribution in [0.1, 0.15) is 59.8 Å². The van der Waals surface area contributed by atoms with Crippen LogP contribution in [0, 0.1) is 0 Å². The Balaban J connectivity index is 4.07. The molecule has 84 valence electrons. The van der Waals surface area contributed by atoms with E-state index < -0.39 is 0 Å². The van der Waals surface area contributed by atoms with Gasteiger partial charge in [0.1, 0.15) is 0 Å². The van der Waals surface area contributed by atoms with Crippen molar-refractivity contribution in [2.45, 2.75) is 59.8 Å². The first kappa shape index (κ1) is 13.5. The van der Waals surface area contributed by atoms with Crippen LogP contribution in [0.2, 0.25) is 0 Å². The average Bonchev–Trinajstić information content (AvgIpc) is 2.22. The predicted octanol–water partition coefficient (Wildman–Crippen LogP) is 4.20. The summed E-state index contributed by atoms with van der Waals surface area (Å²) in [6.07, 6.45) is 8.67. The van der Waals surface area contributed by atoms with E-state index in [1.165, 1.54) is 50.9 Å². The van der Waals surface area contributed by atoms with Gasteiger partial charge in [0.05, 0.1) is 0 Å². The fourth-order valence-electron chi connectivity index (χ4n) is 1.71. The van der Waals surface area contributed by atoms with Crippen LogP contribution in [0.25, 0.3) is 0 Å². The molecule has 0 aliphatic rings. The third-order valence-electron chi connectivity index (χ3n) is 2.66. The number of unbranched alkanes of at least 4 members (excludes halogenated alkanes) is 2. The van der Waals surface area contributed by atoms with Gasteiger partial charge in [0.25, 0.3) is 0 Å². The Hall–Kier alpha value is -0.460. The van der Waals surface area contributed by atoms with Crippen LogP contribution in [0.5, 0.6) is 0 Å². The minimum absolute atomic E-state index is 1.17. The zero-order valence-corrected chi connectivity index (χ0v) is 10.5. The molecular weight excluding hydrogens is 170 g/mol. The van der Waals surface area contributed by atoms with Gasteiger partial charge in [-0.15, -0.1) is 0 Å².